The highest BCUT2D eigenvalue weighted by molar-refractivity contribution is 8.00. The number of benzene rings is 4. The predicted molar refractivity (Wildman–Crippen MR) is 191 cm³/mol. The van der Waals surface area contributed by atoms with E-state index in [1.165, 1.54) is 43.4 Å². The van der Waals surface area contributed by atoms with Crippen molar-refractivity contribution >= 4 is 67.9 Å². The van der Waals surface area contributed by atoms with Crippen LogP contribution in [-0.2, 0) is 9.59 Å². The number of methoxy groups -OCH3 is 2. The van der Waals surface area contributed by atoms with Gasteiger partial charge in [0.1, 0.15) is 22.9 Å². The first-order valence-electron chi connectivity index (χ1n) is 15.0. The van der Waals surface area contributed by atoms with Crippen molar-refractivity contribution in [1.82, 2.24) is 10.3 Å². The minimum absolute atomic E-state index is 0.00288. The lowest BCUT2D eigenvalue weighted by molar-refractivity contribution is -0.115. The second-order valence-electron chi connectivity index (χ2n) is 10.3. The molecule has 0 saturated heterocycles. The number of ether oxygens (including phenoxy) is 3. The Balaban J connectivity index is 1.26. The summed E-state index contributed by atoms with van der Waals surface area (Å²) in [6, 6.07) is 26.5. The third kappa shape index (κ3) is 8.72. The number of anilines is 2. The largest absolute Gasteiger partial charge is 0.497 e. The number of carbonyl (C=O) groups is 3. The van der Waals surface area contributed by atoms with Crippen LogP contribution >= 0.6 is 23.1 Å². The summed E-state index contributed by atoms with van der Waals surface area (Å²) in [5, 5.41) is 8.58. The molecule has 0 spiro atoms. The number of thiazole rings is 1. The monoisotopic (exact) mass is 682 g/mol. The predicted octanol–water partition coefficient (Wildman–Crippen LogP) is 7.24. The van der Waals surface area contributed by atoms with Crippen LogP contribution in [0.5, 0.6) is 17.2 Å². The molecule has 0 saturated carbocycles. The van der Waals surface area contributed by atoms with Crippen LogP contribution in [0.4, 0.5) is 10.8 Å². The van der Waals surface area contributed by atoms with Gasteiger partial charge >= 0.3 is 0 Å². The van der Waals surface area contributed by atoms with E-state index in [1.54, 1.807) is 60.7 Å². The van der Waals surface area contributed by atoms with Gasteiger partial charge in [-0.1, -0.05) is 29.5 Å². The lowest BCUT2D eigenvalue weighted by Crippen LogP contribution is -2.30. The fraction of sp³-hybridized carbons (Fsp3) is 0.167. The van der Waals surface area contributed by atoms with Crippen LogP contribution in [0.25, 0.3) is 16.3 Å². The van der Waals surface area contributed by atoms with E-state index in [0.29, 0.717) is 40.1 Å². The highest BCUT2D eigenvalue weighted by atomic mass is 32.2. The molecule has 5 rings (SSSR count). The number of aromatic nitrogens is 1. The van der Waals surface area contributed by atoms with E-state index in [0.717, 1.165) is 20.9 Å². The number of fused-ring (bicyclic) bond motifs is 1. The summed E-state index contributed by atoms with van der Waals surface area (Å²) < 4.78 is 17.3. The van der Waals surface area contributed by atoms with Crippen LogP contribution < -0.4 is 30.2 Å². The number of amides is 3. The molecule has 1 unspecified atom stereocenters. The molecule has 0 radical (unpaired) electrons. The maximum atomic E-state index is 13.5. The number of nitrogens with zero attached hydrogens (tertiary/aromatic N) is 1. The molecule has 4 aromatic carbocycles. The zero-order valence-electron chi connectivity index (χ0n) is 26.7. The summed E-state index contributed by atoms with van der Waals surface area (Å²) in [5.41, 5.74) is 2.22. The van der Waals surface area contributed by atoms with Crippen molar-refractivity contribution in [2.45, 2.75) is 24.0 Å². The molecule has 0 aliphatic rings. The second kappa shape index (κ2) is 16.0. The maximum absolute atomic E-state index is 13.5. The summed E-state index contributed by atoms with van der Waals surface area (Å²) in [4.78, 5) is 44.9. The Morgan fingerprint density at radius 1 is 0.896 bits per heavy atom. The Kier molecular flexibility index (Phi) is 11.3. The number of rotatable bonds is 13. The highest BCUT2D eigenvalue weighted by Crippen LogP contribution is 2.31. The fourth-order valence-corrected chi connectivity index (χ4v) is 6.31. The van der Waals surface area contributed by atoms with E-state index in [-0.39, 0.29) is 11.6 Å². The molecule has 1 atom stereocenters. The number of thioether (sulfide) groups is 1. The van der Waals surface area contributed by atoms with Crippen molar-refractivity contribution in [1.29, 1.82) is 0 Å². The van der Waals surface area contributed by atoms with Gasteiger partial charge in [0.25, 0.3) is 11.8 Å². The SMILES string of the molecule is CCOc1ccc2nc(NC(=O)C(C)Sc3ccc(NC(=O)/C(=C/c4cc(OC)ccc4OC)NC(=O)c4ccccc4)cc3)sc2c1. The van der Waals surface area contributed by atoms with Gasteiger partial charge in [0, 0.05) is 21.7 Å². The molecule has 0 bridgehead atoms. The Morgan fingerprint density at radius 3 is 2.35 bits per heavy atom. The van der Waals surface area contributed by atoms with Gasteiger partial charge in [-0.15, -0.1) is 11.8 Å². The van der Waals surface area contributed by atoms with Crippen LogP contribution in [0.1, 0.15) is 29.8 Å². The molecule has 48 heavy (non-hydrogen) atoms. The summed E-state index contributed by atoms with van der Waals surface area (Å²) in [6.45, 7) is 4.31. The minimum Gasteiger partial charge on any atom is -0.497 e. The smallest absolute Gasteiger partial charge is 0.272 e. The minimum atomic E-state index is -0.540. The normalized spacial score (nSPS) is 11.8. The standard InChI is InChI=1S/C36H34N4O6S2/c1-5-46-27-13-17-29-32(21-27)48-36(39-29)40-33(41)22(2)47-28-15-11-25(12-16-28)37-35(43)30(38-34(42)23-9-7-6-8-10-23)20-24-19-26(44-3)14-18-31(24)45-4/h6-22H,5H2,1-4H3,(H,37,43)(H,38,42)(H,39,40,41)/b30-20-. The summed E-state index contributed by atoms with van der Waals surface area (Å²) in [5.74, 6) is 0.645. The lowest BCUT2D eigenvalue weighted by atomic mass is 10.1. The molecule has 3 N–H and O–H groups in total. The molecule has 0 fully saturated rings. The third-order valence-electron chi connectivity index (χ3n) is 6.96. The third-order valence-corrected chi connectivity index (χ3v) is 9.01. The highest BCUT2D eigenvalue weighted by Gasteiger charge is 2.19. The van der Waals surface area contributed by atoms with Crippen molar-refractivity contribution < 1.29 is 28.6 Å². The Bertz CT molecular complexity index is 1940. The fourth-order valence-electron chi connectivity index (χ4n) is 4.54. The zero-order valence-corrected chi connectivity index (χ0v) is 28.4. The van der Waals surface area contributed by atoms with Gasteiger partial charge < -0.3 is 30.2 Å². The van der Waals surface area contributed by atoms with E-state index in [4.69, 9.17) is 14.2 Å². The van der Waals surface area contributed by atoms with Crippen LogP contribution in [0.2, 0.25) is 0 Å². The van der Waals surface area contributed by atoms with E-state index >= 15 is 0 Å². The molecular formula is C36H34N4O6S2. The average Bonchev–Trinajstić information content (AvgIpc) is 3.50. The number of nitrogens with one attached hydrogen (secondary N) is 3. The van der Waals surface area contributed by atoms with Crippen LogP contribution in [0, 0.1) is 0 Å². The van der Waals surface area contributed by atoms with Gasteiger partial charge in [0.05, 0.1) is 36.3 Å². The molecule has 1 heterocycles. The lowest BCUT2D eigenvalue weighted by Gasteiger charge is -2.14. The van der Waals surface area contributed by atoms with Crippen molar-refractivity contribution in [2.75, 3.05) is 31.5 Å². The number of carbonyl (C=O) groups excluding carboxylic acids is 3. The molecule has 0 aliphatic carbocycles. The molecule has 10 nitrogen and oxygen atoms in total. The van der Waals surface area contributed by atoms with E-state index < -0.39 is 17.1 Å². The first-order chi connectivity index (χ1) is 23.3. The topological polar surface area (TPSA) is 128 Å². The maximum Gasteiger partial charge on any atom is 0.272 e. The molecule has 12 heteroatoms. The Labute approximate surface area is 286 Å². The summed E-state index contributed by atoms with van der Waals surface area (Å²) in [7, 11) is 3.06. The zero-order chi connectivity index (χ0) is 34.0. The second-order valence-corrected chi connectivity index (χ2v) is 12.7. The van der Waals surface area contributed by atoms with Crippen molar-refractivity contribution in [3.05, 3.63) is 108 Å². The van der Waals surface area contributed by atoms with Crippen molar-refractivity contribution in [2.24, 2.45) is 0 Å². The molecule has 246 valence electrons. The van der Waals surface area contributed by atoms with E-state index in [9.17, 15) is 14.4 Å². The van der Waals surface area contributed by atoms with Crippen LogP contribution in [0.15, 0.2) is 102 Å². The first kappa shape index (κ1) is 34.0. The van der Waals surface area contributed by atoms with Gasteiger partial charge in [-0.05, 0) is 92.7 Å². The number of hydrogen-bond acceptors (Lipinski definition) is 9. The Hall–Kier alpha value is -5.33. The quantitative estimate of drug-likeness (QED) is 0.0876. The molecule has 0 aliphatic heterocycles. The molecule has 3 amide bonds. The summed E-state index contributed by atoms with van der Waals surface area (Å²) >= 11 is 2.76. The van der Waals surface area contributed by atoms with E-state index in [2.05, 4.69) is 20.9 Å². The summed E-state index contributed by atoms with van der Waals surface area (Å²) in [6.07, 6.45) is 1.53. The van der Waals surface area contributed by atoms with Crippen molar-refractivity contribution in [3.63, 3.8) is 0 Å². The molecule has 5 aromatic rings. The average molecular weight is 683 g/mol. The molecule has 1 aromatic heterocycles. The number of hydrogen-bond donors (Lipinski definition) is 3. The van der Waals surface area contributed by atoms with Gasteiger partial charge in [-0.3, -0.25) is 14.4 Å². The first-order valence-corrected chi connectivity index (χ1v) is 16.7. The van der Waals surface area contributed by atoms with Gasteiger partial charge in [-0.2, -0.15) is 0 Å². The van der Waals surface area contributed by atoms with Crippen molar-refractivity contribution in [3.8, 4) is 17.2 Å². The Morgan fingerprint density at radius 2 is 1.65 bits per heavy atom. The molecular weight excluding hydrogens is 649 g/mol. The van der Waals surface area contributed by atoms with Gasteiger partial charge in [0.2, 0.25) is 5.91 Å². The van der Waals surface area contributed by atoms with E-state index in [1.807, 2.05) is 44.2 Å². The van der Waals surface area contributed by atoms with Gasteiger partial charge in [0.15, 0.2) is 5.13 Å². The van der Waals surface area contributed by atoms with Gasteiger partial charge in [-0.25, -0.2) is 4.98 Å². The van der Waals surface area contributed by atoms with Crippen LogP contribution in [-0.4, -0.2) is 48.8 Å². The van der Waals surface area contributed by atoms with Crippen LogP contribution in [0.3, 0.4) is 0 Å².